The number of aryl methyl sites for hydroxylation is 3. The first-order valence-corrected chi connectivity index (χ1v) is 27.1. The SMILES string of the molecule is CCCCCc1ccc(C(=O)OOC(=O)OC2CCC(C(C3CCC(OC(=O)OOC(=O)c4ccc(CCCCC)cc4)CC3)C3CCC(OC(=O)OOC(=O)c4ccc(CCCCC)cc4)CC3)CC2)cc1. The van der Waals surface area contributed by atoms with Gasteiger partial charge in [0.15, 0.2) is 0 Å². The summed E-state index contributed by atoms with van der Waals surface area (Å²) in [5.74, 6) is -1.17. The predicted octanol–water partition coefficient (Wildman–Crippen LogP) is 14.3. The van der Waals surface area contributed by atoms with Gasteiger partial charge >= 0.3 is 36.4 Å². The van der Waals surface area contributed by atoms with Gasteiger partial charge in [-0.3, -0.25) is 0 Å². The molecule has 0 spiro atoms. The smallest absolute Gasteiger partial charge is 0.428 e. The lowest BCUT2D eigenvalue weighted by molar-refractivity contribution is -0.209. The molecule has 15 heteroatoms. The lowest BCUT2D eigenvalue weighted by atomic mass is 9.61. The minimum Gasteiger partial charge on any atom is -0.428 e. The van der Waals surface area contributed by atoms with Gasteiger partial charge in [-0.1, -0.05) is 95.7 Å². The molecule has 3 aliphatic rings. The lowest BCUT2D eigenvalue weighted by Gasteiger charge is -2.45. The molecule has 0 aliphatic heterocycles. The number of hydrogen-bond acceptors (Lipinski definition) is 15. The highest BCUT2D eigenvalue weighted by atomic mass is 17.2. The normalized spacial score (nSPS) is 21.1. The molecule has 3 aromatic rings. The van der Waals surface area contributed by atoms with Crippen LogP contribution in [0.2, 0.25) is 0 Å². The van der Waals surface area contributed by atoms with Crippen LogP contribution in [0.3, 0.4) is 0 Å². The van der Waals surface area contributed by atoms with Crippen LogP contribution >= 0.6 is 0 Å². The van der Waals surface area contributed by atoms with Gasteiger partial charge in [-0.2, -0.15) is 14.4 Å². The van der Waals surface area contributed by atoms with Crippen molar-refractivity contribution in [3.8, 4) is 0 Å². The van der Waals surface area contributed by atoms with Crippen LogP contribution in [0.15, 0.2) is 72.8 Å². The van der Waals surface area contributed by atoms with Crippen molar-refractivity contribution < 1.29 is 72.3 Å². The molecular formula is C58H76O15. The predicted molar refractivity (Wildman–Crippen MR) is 269 cm³/mol. The Hall–Kier alpha value is -6.12. The van der Waals surface area contributed by atoms with Gasteiger partial charge in [0.05, 0.1) is 16.7 Å². The molecule has 0 N–H and O–H groups in total. The second kappa shape index (κ2) is 30.2. The average Bonchev–Trinajstić information content (AvgIpc) is 3.41. The Labute approximate surface area is 430 Å². The molecule has 0 aromatic heterocycles. The molecule has 3 fully saturated rings. The standard InChI is InChI=1S/C58H76O15/c1-4-7-10-13-40-16-22-46(23-17-40)53(59)68-71-56(62)65-49-34-28-43(29-35-49)52(44-30-36-50(37-31-44)66-57(63)72-69-54(60)47-24-18-41(19-25-47)14-11-8-5-2)45-32-38-51(39-33-45)67-58(64)73-70-55(61)48-26-20-42(21-27-48)15-12-9-6-3/h16-27,43-45,49-52H,4-15,28-39H2,1-3H3. The van der Waals surface area contributed by atoms with Crippen LogP contribution in [0.1, 0.15) is 203 Å². The van der Waals surface area contributed by atoms with Gasteiger partial charge in [0, 0.05) is 0 Å². The molecule has 73 heavy (non-hydrogen) atoms. The molecular weight excluding hydrogens is 937 g/mol. The number of benzene rings is 3. The van der Waals surface area contributed by atoms with Crippen LogP contribution in [0.25, 0.3) is 0 Å². The minimum absolute atomic E-state index is 0.269. The van der Waals surface area contributed by atoms with Gasteiger partial charge in [0.1, 0.15) is 18.3 Å². The van der Waals surface area contributed by atoms with E-state index in [2.05, 4.69) is 20.8 Å². The van der Waals surface area contributed by atoms with Gasteiger partial charge in [-0.05, 0) is 192 Å². The first kappa shape index (κ1) is 56.2. The maximum Gasteiger partial charge on any atom is 0.550 e. The van der Waals surface area contributed by atoms with E-state index < -0.39 is 54.7 Å². The number of ether oxygens (including phenoxy) is 3. The Balaban J connectivity index is 0.973. The second-order valence-corrected chi connectivity index (χ2v) is 20.1. The Morgan fingerprint density at radius 3 is 0.836 bits per heavy atom. The number of hydrogen-bond donors (Lipinski definition) is 0. The van der Waals surface area contributed by atoms with Crippen molar-refractivity contribution in [2.24, 2.45) is 23.7 Å². The lowest BCUT2D eigenvalue weighted by Crippen LogP contribution is -2.39. The van der Waals surface area contributed by atoms with Crippen LogP contribution in [0.5, 0.6) is 0 Å². The quantitative estimate of drug-likeness (QED) is 0.0322. The summed E-state index contributed by atoms with van der Waals surface area (Å²) in [5, 5.41) is 0. The summed E-state index contributed by atoms with van der Waals surface area (Å²) in [5.41, 5.74) is 4.16. The Morgan fingerprint density at radius 2 is 0.603 bits per heavy atom. The molecule has 398 valence electrons. The van der Waals surface area contributed by atoms with Crippen LogP contribution < -0.4 is 0 Å². The van der Waals surface area contributed by atoms with Crippen molar-refractivity contribution in [3.05, 3.63) is 106 Å². The molecule has 0 bridgehead atoms. The zero-order valence-electron chi connectivity index (χ0n) is 43.1. The molecule has 3 aliphatic carbocycles. The third-order valence-corrected chi connectivity index (χ3v) is 14.9. The highest BCUT2D eigenvalue weighted by Crippen LogP contribution is 2.48. The van der Waals surface area contributed by atoms with Crippen LogP contribution in [0.4, 0.5) is 14.4 Å². The summed E-state index contributed by atoms with van der Waals surface area (Å²) in [4.78, 5) is 105. The van der Waals surface area contributed by atoms with E-state index in [4.69, 9.17) is 43.5 Å². The number of rotatable bonds is 21. The summed E-state index contributed by atoms with van der Waals surface area (Å²) in [6.45, 7) is 6.44. The van der Waals surface area contributed by atoms with E-state index in [-0.39, 0.29) is 22.6 Å². The van der Waals surface area contributed by atoms with Gasteiger partial charge in [0.25, 0.3) is 0 Å². The minimum atomic E-state index is -1.07. The van der Waals surface area contributed by atoms with Crippen molar-refractivity contribution in [3.63, 3.8) is 0 Å². The molecule has 0 radical (unpaired) electrons. The van der Waals surface area contributed by atoms with Crippen molar-refractivity contribution in [2.45, 2.75) is 193 Å². The third kappa shape index (κ3) is 18.7. The maximum atomic E-state index is 12.7. The van der Waals surface area contributed by atoms with E-state index >= 15 is 0 Å². The first-order chi connectivity index (χ1) is 35.5. The van der Waals surface area contributed by atoms with Crippen molar-refractivity contribution in [1.82, 2.24) is 0 Å². The van der Waals surface area contributed by atoms with Crippen molar-refractivity contribution in [2.75, 3.05) is 0 Å². The highest BCUT2D eigenvalue weighted by Gasteiger charge is 2.42. The first-order valence-electron chi connectivity index (χ1n) is 27.1. The van der Waals surface area contributed by atoms with Gasteiger partial charge in [0.2, 0.25) is 0 Å². The van der Waals surface area contributed by atoms with E-state index in [0.29, 0.717) is 56.3 Å². The highest BCUT2D eigenvalue weighted by molar-refractivity contribution is 5.90. The molecule has 0 unspecified atom stereocenters. The Kier molecular flexibility index (Phi) is 23.2. The fraction of sp³-hybridized carbons (Fsp3) is 0.586. The van der Waals surface area contributed by atoms with E-state index in [1.807, 2.05) is 36.4 Å². The summed E-state index contributed by atoms with van der Waals surface area (Å²) >= 11 is 0. The topological polar surface area (TPSA) is 185 Å². The molecule has 0 amide bonds. The summed E-state index contributed by atoms with van der Waals surface area (Å²) in [6.07, 6.45) is 16.6. The van der Waals surface area contributed by atoms with Crippen LogP contribution in [-0.2, 0) is 62.8 Å². The zero-order valence-corrected chi connectivity index (χ0v) is 43.1. The maximum absolute atomic E-state index is 12.7. The fourth-order valence-corrected chi connectivity index (χ4v) is 10.9. The molecule has 6 rings (SSSR count). The molecule has 0 atom stereocenters. The van der Waals surface area contributed by atoms with E-state index in [1.54, 1.807) is 36.4 Å². The van der Waals surface area contributed by atoms with Crippen molar-refractivity contribution in [1.29, 1.82) is 0 Å². The molecule has 0 saturated heterocycles. The van der Waals surface area contributed by atoms with Crippen molar-refractivity contribution >= 4 is 36.4 Å². The summed E-state index contributed by atoms with van der Waals surface area (Å²) in [7, 11) is 0. The zero-order chi connectivity index (χ0) is 51.8. The van der Waals surface area contributed by atoms with Gasteiger partial charge < -0.3 is 14.2 Å². The fourth-order valence-electron chi connectivity index (χ4n) is 10.9. The number of carbonyl (C=O) groups is 6. The monoisotopic (exact) mass is 1010 g/mol. The largest absolute Gasteiger partial charge is 0.550 e. The molecule has 15 nitrogen and oxygen atoms in total. The van der Waals surface area contributed by atoms with Gasteiger partial charge in [-0.15, -0.1) is 0 Å². The number of carbonyl (C=O) groups excluding carboxylic acids is 6. The number of unbranched alkanes of at least 4 members (excludes halogenated alkanes) is 6. The van der Waals surface area contributed by atoms with Crippen LogP contribution in [0, 0.1) is 23.7 Å². The Bertz CT molecular complexity index is 1920. The van der Waals surface area contributed by atoms with Gasteiger partial charge in [-0.25, -0.2) is 43.7 Å². The molecule has 3 saturated carbocycles. The second-order valence-electron chi connectivity index (χ2n) is 20.1. The molecule has 0 heterocycles. The third-order valence-electron chi connectivity index (χ3n) is 14.9. The Morgan fingerprint density at radius 1 is 0.356 bits per heavy atom. The van der Waals surface area contributed by atoms with E-state index in [9.17, 15) is 28.8 Å². The summed E-state index contributed by atoms with van der Waals surface area (Å²) < 4.78 is 16.8. The summed E-state index contributed by atoms with van der Waals surface area (Å²) in [6, 6.07) is 21.2. The van der Waals surface area contributed by atoms with E-state index in [1.165, 1.54) is 0 Å². The van der Waals surface area contributed by atoms with E-state index in [0.717, 1.165) is 132 Å². The van der Waals surface area contributed by atoms with Crippen LogP contribution in [-0.4, -0.2) is 54.7 Å². The average molecular weight is 1010 g/mol. The molecule has 3 aromatic carbocycles.